The highest BCUT2D eigenvalue weighted by molar-refractivity contribution is 5.80. The Morgan fingerprint density at radius 1 is 1.14 bits per heavy atom. The van der Waals surface area contributed by atoms with Crippen molar-refractivity contribution in [3.05, 3.63) is 59.1 Å². The first-order valence-electron chi connectivity index (χ1n) is 9.54. The minimum Gasteiger partial charge on any atom is -0.371 e. The number of alkyl halides is 3. The lowest BCUT2D eigenvalue weighted by molar-refractivity contribution is -0.0894. The normalized spacial score (nSPS) is 28.9. The number of hydrogen-bond donors (Lipinski definition) is 4. The van der Waals surface area contributed by atoms with Gasteiger partial charge in [-0.1, -0.05) is 18.2 Å². The number of fused-ring (bicyclic) bond motifs is 1. The molecule has 1 aliphatic carbocycles. The van der Waals surface area contributed by atoms with Crippen LogP contribution in [0.2, 0.25) is 0 Å². The summed E-state index contributed by atoms with van der Waals surface area (Å²) in [5, 5.41) is 12.9. The van der Waals surface area contributed by atoms with Crippen molar-refractivity contribution in [2.75, 3.05) is 6.54 Å². The zero-order chi connectivity index (χ0) is 19.6. The van der Waals surface area contributed by atoms with E-state index in [1.54, 1.807) is 12.3 Å². The molecule has 0 bridgehead atoms. The van der Waals surface area contributed by atoms with E-state index in [0.717, 1.165) is 18.4 Å². The van der Waals surface area contributed by atoms with Gasteiger partial charge in [-0.25, -0.2) is 0 Å². The summed E-state index contributed by atoms with van der Waals surface area (Å²) in [5.41, 5.74) is 2.22. The van der Waals surface area contributed by atoms with Gasteiger partial charge in [0.25, 0.3) is 0 Å². The molecule has 3 atom stereocenters. The maximum absolute atomic E-state index is 13.1. The van der Waals surface area contributed by atoms with E-state index in [9.17, 15) is 13.2 Å². The van der Waals surface area contributed by atoms with Crippen LogP contribution in [0.25, 0.3) is 0 Å². The highest BCUT2D eigenvalue weighted by Gasteiger charge is 2.35. The van der Waals surface area contributed by atoms with E-state index in [-0.39, 0.29) is 12.7 Å². The minimum atomic E-state index is -4.31. The highest BCUT2D eigenvalue weighted by Crippen LogP contribution is 2.33. The van der Waals surface area contributed by atoms with Crippen LogP contribution in [-0.2, 0) is 0 Å². The van der Waals surface area contributed by atoms with Gasteiger partial charge in [-0.15, -0.1) is 0 Å². The van der Waals surface area contributed by atoms with Crippen LogP contribution in [-0.4, -0.2) is 31.4 Å². The molecule has 5 nitrogen and oxygen atoms in total. The average Bonchev–Trinajstić information content (AvgIpc) is 3.10. The first-order valence-corrected chi connectivity index (χ1v) is 9.54. The fourth-order valence-electron chi connectivity index (χ4n) is 3.94. The van der Waals surface area contributed by atoms with E-state index in [1.807, 2.05) is 12.4 Å². The second-order valence-corrected chi connectivity index (χ2v) is 7.36. The Morgan fingerprint density at radius 2 is 2.04 bits per heavy atom. The molecule has 0 saturated heterocycles. The van der Waals surface area contributed by atoms with Crippen molar-refractivity contribution < 1.29 is 13.2 Å². The van der Waals surface area contributed by atoms with Gasteiger partial charge in [0, 0.05) is 24.9 Å². The van der Waals surface area contributed by atoms with Crippen LogP contribution < -0.4 is 21.3 Å². The van der Waals surface area contributed by atoms with E-state index in [1.165, 1.54) is 11.6 Å². The smallest absolute Gasteiger partial charge is 0.371 e. The molecule has 0 radical (unpaired) electrons. The van der Waals surface area contributed by atoms with E-state index in [0.29, 0.717) is 24.3 Å². The van der Waals surface area contributed by atoms with Gasteiger partial charge in [0.05, 0.1) is 5.57 Å². The summed E-state index contributed by atoms with van der Waals surface area (Å²) >= 11 is 0. The number of nitrogens with one attached hydrogen (secondary N) is 4. The maximum atomic E-state index is 13.1. The molecule has 0 amide bonds. The summed E-state index contributed by atoms with van der Waals surface area (Å²) in [6, 6.07) is 0. The summed E-state index contributed by atoms with van der Waals surface area (Å²) in [5.74, 6) is 0.433. The third kappa shape index (κ3) is 4.16. The minimum absolute atomic E-state index is 0.161. The first kappa shape index (κ1) is 18.9. The Balaban J connectivity index is 1.30. The van der Waals surface area contributed by atoms with Crippen molar-refractivity contribution in [2.24, 2.45) is 10.9 Å². The molecule has 28 heavy (non-hydrogen) atoms. The van der Waals surface area contributed by atoms with Crippen LogP contribution in [0.1, 0.15) is 25.7 Å². The second kappa shape index (κ2) is 7.87. The number of allylic oxidation sites excluding steroid dienone is 5. The first-order chi connectivity index (χ1) is 13.5. The molecule has 0 aromatic carbocycles. The Labute approximate surface area is 162 Å². The highest BCUT2D eigenvalue weighted by atomic mass is 19.4. The predicted molar refractivity (Wildman–Crippen MR) is 103 cm³/mol. The summed E-state index contributed by atoms with van der Waals surface area (Å²) in [6.45, 7) is 0.161. The summed E-state index contributed by atoms with van der Waals surface area (Å²) in [7, 11) is 0. The largest absolute Gasteiger partial charge is 0.416 e. The molecule has 3 unspecified atom stereocenters. The second-order valence-electron chi connectivity index (χ2n) is 7.36. The van der Waals surface area contributed by atoms with Crippen molar-refractivity contribution >= 4 is 6.21 Å². The van der Waals surface area contributed by atoms with Crippen molar-refractivity contribution in [2.45, 2.75) is 44.3 Å². The molecule has 0 aromatic heterocycles. The number of hydrogen-bond acceptors (Lipinski definition) is 5. The maximum Gasteiger partial charge on any atom is 0.416 e. The molecule has 4 N–H and O–H groups in total. The Kier molecular flexibility index (Phi) is 5.30. The fraction of sp³-hybridized carbons (Fsp3) is 0.450. The van der Waals surface area contributed by atoms with E-state index >= 15 is 0 Å². The van der Waals surface area contributed by atoms with Crippen molar-refractivity contribution in [3.63, 3.8) is 0 Å². The number of rotatable bonds is 5. The van der Waals surface area contributed by atoms with Crippen LogP contribution in [0.3, 0.4) is 0 Å². The van der Waals surface area contributed by atoms with Gasteiger partial charge >= 0.3 is 6.18 Å². The molecule has 8 heteroatoms. The number of aliphatic imine (C=N–C) groups is 1. The molecule has 0 saturated carbocycles. The fourth-order valence-corrected chi connectivity index (χ4v) is 3.94. The summed E-state index contributed by atoms with van der Waals surface area (Å²) < 4.78 is 39.3. The van der Waals surface area contributed by atoms with Crippen LogP contribution in [0.15, 0.2) is 64.1 Å². The van der Waals surface area contributed by atoms with Gasteiger partial charge < -0.3 is 16.0 Å². The van der Waals surface area contributed by atoms with Crippen LogP contribution in [0.4, 0.5) is 13.2 Å². The molecule has 0 spiro atoms. The Morgan fingerprint density at radius 3 is 2.82 bits per heavy atom. The summed E-state index contributed by atoms with van der Waals surface area (Å²) in [6.07, 6.45) is 11.0. The molecule has 4 rings (SSSR count). The lowest BCUT2D eigenvalue weighted by Crippen LogP contribution is -2.42. The van der Waals surface area contributed by atoms with Gasteiger partial charge in [0.2, 0.25) is 0 Å². The molecule has 3 heterocycles. The average molecular weight is 391 g/mol. The lowest BCUT2D eigenvalue weighted by Gasteiger charge is -2.26. The van der Waals surface area contributed by atoms with Gasteiger partial charge in [-0.05, 0) is 54.8 Å². The van der Waals surface area contributed by atoms with Crippen LogP contribution in [0, 0.1) is 5.92 Å². The molecule has 3 aliphatic heterocycles. The monoisotopic (exact) mass is 391 g/mol. The molecule has 0 aromatic rings. The third-order valence-corrected chi connectivity index (χ3v) is 5.43. The van der Waals surface area contributed by atoms with Gasteiger partial charge in [-0.3, -0.25) is 10.3 Å². The molecular formula is C20H24F3N5. The molecule has 4 aliphatic rings. The van der Waals surface area contributed by atoms with Crippen LogP contribution in [0.5, 0.6) is 0 Å². The quantitative estimate of drug-likeness (QED) is 0.582. The van der Waals surface area contributed by atoms with Gasteiger partial charge in [-0.2, -0.15) is 13.2 Å². The summed E-state index contributed by atoms with van der Waals surface area (Å²) in [4.78, 5) is 4.41. The third-order valence-electron chi connectivity index (χ3n) is 5.43. The predicted octanol–water partition coefficient (Wildman–Crippen LogP) is 2.95. The van der Waals surface area contributed by atoms with Gasteiger partial charge in [0.1, 0.15) is 6.17 Å². The molecular weight excluding hydrogens is 367 g/mol. The number of nitrogens with zero attached hydrogens (tertiary/aromatic N) is 1. The topological polar surface area (TPSA) is 60.5 Å². The van der Waals surface area contributed by atoms with Crippen LogP contribution >= 0.6 is 0 Å². The van der Waals surface area contributed by atoms with E-state index in [2.05, 4.69) is 38.5 Å². The van der Waals surface area contributed by atoms with Crippen molar-refractivity contribution in [1.29, 1.82) is 0 Å². The van der Waals surface area contributed by atoms with Gasteiger partial charge in [0.15, 0.2) is 6.29 Å². The van der Waals surface area contributed by atoms with E-state index < -0.39 is 18.0 Å². The SMILES string of the molecule is FC(F)(F)C1=C(CNC2N=CC(CC3=CNC4NC=CCC34)=CN2)CCC=C1. The molecule has 0 fully saturated rings. The van der Waals surface area contributed by atoms with E-state index in [4.69, 9.17) is 0 Å². The standard InChI is InChI=1S/C20H24F3N5/c21-20(22,23)17-6-2-1-4-14(17)11-28-19-26-9-13(10-27-19)8-15-12-25-18-16(15)5-3-7-24-18/h2-3,6-7,9-10,12,16,18-19,24-26,28H,1,4-5,8,11H2. The van der Waals surface area contributed by atoms with Crippen molar-refractivity contribution in [1.82, 2.24) is 21.3 Å². The lowest BCUT2D eigenvalue weighted by atomic mass is 9.90. The van der Waals surface area contributed by atoms with Crippen molar-refractivity contribution in [3.8, 4) is 0 Å². The Hall–Kier alpha value is -2.48. The number of halogens is 3. The zero-order valence-corrected chi connectivity index (χ0v) is 15.4. The molecule has 150 valence electrons. The Bertz CT molecular complexity index is 788. The zero-order valence-electron chi connectivity index (χ0n) is 15.4.